The molecule has 0 radical (unpaired) electrons. The van der Waals surface area contributed by atoms with Gasteiger partial charge in [0.1, 0.15) is 11.9 Å². The molecule has 3 heterocycles. The highest BCUT2D eigenvalue weighted by Gasteiger charge is 2.28. The number of hydrogen-bond donors (Lipinski definition) is 0. The first-order valence-electron chi connectivity index (χ1n) is 7.27. The average molecular weight is 301 g/mol. The van der Waals surface area contributed by atoms with Crippen molar-refractivity contribution in [3.63, 3.8) is 0 Å². The second-order valence-corrected chi connectivity index (χ2v) is 5.29. The Kier molecular flexibility index (Phi) is 3.27. The lowest BCUT2D eigenvalue weighted by atomic mass is 10.2. The second-order valence-electron chi connectivity index (χ2n) is 5.29. The van der Waals surface area contributed by atoms with Gasteiger partial charge in [0.2, 0.25) is 0 Å². The van der Waals surface area contributed by atoms with Gasteiger partial charge in [-0.2, -0.15) is 4.98 Å². The van der Waals surface area contributed by atoms with E-state index in [9.17, 15) is 4.79 Å². The van der Waals surface area contributed by atoms with Crippen LogP contribution in [-0.4, -0.2) is 29.3 Å². The molecule has 2 aromatic rings. The molecule has 7 nitrogen and oxygen atoms in total. The van der Waals surface area contributed by atoms with E-state index in [1.165, 1.54) is 0 Å². The largest absolute Gasteiger partial charge is 0.482 e. The third-order valence-electron chi connectivity index (χ3n) is 3.80. The number of ether oxygens (including phenoxy) is 2. The molecule has 0 bridgehead atoms. The van der Waals surface area contributed by atoms with Crippen LogP contribution in [0, 0.1) is 0 Å². The Morgan fingerprint density at radius 2 is 2.23 bits per heavy atom. The number of amides is 1. The number of carbonyl (C=O) groups is 1. The van der Waals surface area contributed by atoms with E-state index in [0.717, 1.165) is 25.1 Å². The molecule has 1 fully saturated rings. The number of benzene rings is 1. The zero-order valence-corrected chi connectivity index (χ0v) is 11.9. The summed E-state index contributed by atoms with van der Waals surface area (Å²) in [7, 11) is 0. The van der Waals surface area contributed by atoms with Crippen LogP contribution in [0.3, 0.4) is 0 Å². The lowest BCUT2D eigenvalue weighted by molar-refractivity contribution is -0.121. The Bertz CT molecular complexity index is 694. The molecule has 22 heavy (non-hydrogen) atoms. The summed E-state index contributed by atoms with van der Waals surface area (Å²) in [4.78, 5) is 18.1. The minimum absolute atomic E-state index is 0.0213. The van der Waals surface area contributed by atoms with Crippen LogP contribution in [-0.2, 0) is 16.1 Å². The summed E-state index contributed by atoms with van der Waals surface area (Å²) in [5.74, 6) is 1.52. The van der Waals surface area contributed by atoms with E-state index in [2.05, 4.69) is 10.1 Å². The van der Waals surface area contributed by atoms with Gasteiger partial charge in [-0.15, -0.1) is 0 Å². The molecule has 0 unspecified atom stereocenters. The fourth-order valence-corrected chi connectivity index (χ4v) is 2.70. The van der Waals surface area contributed by atoms with E-state index >= 15 is 0 Å². The Hall–Kier alpha value is -2.41. The number of carbonyl (C=O) groups excluding carboxylic acids is 1. The predicted octanol–water partition coefficient (Wildman–Crippen LogP) is 1.85. The number of rotatable bonds is 3. The van der Waals surface area contributed by atoms with Gasteiger partial charge in [-0.25, -0.2) is 0 Å². The maximum atomic E-state index is 12.1. The Morgan fingerprint density at radius 3 is 3.09 bits per heavy atom. The number of fused-ring (bicyclic) bond motifs is 1. The minimum atomic E-state index is -0.123. The van der Waals surface area contributed by atoms with Crippen LogP contribution in [0.4, 0.5) is 5.69 Å². The highest BCUT2D eigenvalue weighted by molar-refractivity contribution is 5.97. The van der Waals surface area contributed by atoms with Gasteiger partial charge in [-0.05, 0) is 25.0 Å². The number of nitrogens with zero attached hydrogens (tertiary/aromatic N) is 3. The summed E-state index contributed by atoms with van der Waals surface area (Å²) in [5.41, 5.74) is 0.724. The monoisotopic (exact) mass is 301 g/mol. The van der Waals surface area contributed by atoms with Crippen LogP contribution in [0.2, 0.25) is 0 Å². The first-order chi connectivity index (χ1) is 10.8. The van der Waals surface area contributed by atoms with Crippen molar-refractivity contribution >= 4 is 11.6 Å². The van der Waals surface area contributed by atoms with Crippen molar-refractivity contribution in [3.8, 4) is 5.75 Å². The summed E-state index contributed by atoms with van der Waals surface area (Å²) in [6, 6.07) is 7.41. The molecule has 1 atom stereocenters. The number of para-hydroxylation sites is 2. The quantitative estimate of drug-likeness (QED) is 0.861. The average Bonchev–Trinajstić information content (AvgIpc) is 3.21. The first-order valence-corrected chi connectivity index (χ1v) is 7.27. The summed E-state index contributed by atoms with van der Waals surface area (Å²) in [6.45, 7) is 1.00. The fourth-order valence-electron chi connectivity index (χ4n) is 2.70. The van der Waals surface area contributed by atoms with Crippen LogP contribution in [0.15, 0.2) is 28.8 Å². The smallest absolute Gasteiger partial charge is 0.265 e. The maximum absolute atomic E-state index is 12.1. The Balaban J connectivity index is 1.56. The molecule has 4 rings (SSSR count). The Labute approximate surface area is 126 Å². The third kappa shape index (κ3) is 2.33. The lowest BCUT2D eigenvalue weighted by Crippen LogP contribution is -2.38. The van der Waals surface area contributed by atoms with Crippen LogP contribution in [0.1, 0.15) is 30.7 Å². The van der Waals surface area contributed by atoms with Gasteiger partial charge in [-0.3, -0.25) is 9.69 Å². The lowest BCUT2D eigenvalue weighted by Gasteiger charge is -2.28. The molecule has 1 aromatic carbocycles. The highest BCUT2D eigenvalue weighted by atomic mass is 16.5. The predicted molar refractivity (Wildman–Crippen MR) is 75.4 cm³/mol. The van der Waals surface area contributed by atoms with Gasteiger partial charge in [0, 0.05) is 6.61 Å². The molecule has 0 aliphatic carbocycles. The van der Waals surface area contributed by atoms with Crippen molar-refractivity contribution in [1.82, 2.24) is 10.1 Å². The molecule has 0 N–H and O–H groups in total. The first kappa shape index (κ1) is 13.3. The van der Waals surface area contributed by atoms with E-state index in [-0.39, 0.29) is 25.2 Å². The third-order valence-corrected chi connectivity index (χ3v) is 3.80. The van der Waals surface area contributed by atoms with E-state index in [0.29, 0.717) is 17.5 Å². The molecule has 2 aliphatic heterocycles. The van der Waals surface area contributed by atoms with Gasteiger partial charge < -0.3 is 14.0 Å². The van der Waals surface area contributed by atoms with Gasteiger partial charge in [0.25, 0.3) is 11.8 Å². The molecule has 1 saturated heterocycles. The molecule has 0 spiro atoms. The normalized spacial score (nSPS) is 20.8. The summed E-state index contributed by atoms with van der Waals surface area (Å²) < 4.78 is 16.2. The maximum Gasteiger partial charge on any atom is 0.265 e. The zero-order valence-electron chi connectivity index (χ0n) is 11.9. The molecular formula is C15H15N3O4. The van der Waals surface area contributed by atoms with Crippen LogP contribution in [0.25, 0.3) is 0 Å². The highest BCUT2D eigenvalue weighted by Crippen LogP contribution is 2.32. The molecule has 1 amide bonds. The zero-order chi connectivity index (χ0) is 14.9. The molecule has 2 aliphatic rings. The van der Waals surface area contributed by atoms with E-state index in [1.54, 1.807) is 4.90 Å². The standard InChI is InChI=1S/C15H15N3O4/c19-14-9-21-11-5-2-1-4-10(11)18(14)8-13-16-15(22-17-13)12-6-3-7-20-12/h1-2,4-5,12H,3,6-9H2/t12-/m0/s1. The fraction of sp³-hybridized carbons (Fsp3) is 0.400. The van der Waals surface area contributed by atoms with Crippen molar-refractivity contribution in [2.75, 3.05) is 18.1 Å². The SMILES string of the molecule is O=C1COc2ccccc2N1Cc1noc([C@@H]2CCCO2)n1. The second kappa shape index (κ2) is 5.42. The van der Waals surface area contributed by atoms with E-state index in [1.807, 2.05) is 24.3 Å². The minimum Gasteiger partial charge on any atom is -0.482 e. The molecule has 7 heteroatoms. The molecule has 0 saturated carbocycles. The molecular weight excluding hydrogens is 286 g/mol. The number of anilines is 1. The van der Waals surface area contributed by atoms with Crippen molar-refractivity contribution < 1.29 is 18.8 Å². The van der Waals surface area contributed by atoms with Gasteiger partial charge in [0.15, 0.2) is 12.4 Å². The Morgan fingerprint density at radius 1 is 1.32 bits per heavy atom. The van der Waals surface area contributed by atoms with Crippen molar-refractivity contribution in [1.29, 1.82) is 0 Å². The number of hydrogen-bond acceptors (Lipinski definition) is 6. The summed E-state index contributed by atoms with van der Waals surface area (Å²) >= 11 is 0. The topological polar surface area (TPSA) is 77.7 Å². The summed E-state index contributed by atoms with van der Waals surface area (Å²) in [5, 5.41) is 3.96. The van der Waals surface area contributed by atoms with Gasteiger partial charge >= 0.3 is 0 Å². The van der Waals surface area contributed by atoms with E-state index in [4.69, 9.17) is 14.0 Å². The molecule has 1 aromatic heterocycles. The van der Waals surface area contributed by atoms with Crippen LogP contribution in [0.5, 0.6) is 5.75 Å². The summed E-state index contributed by atoms with van der Waals surface area (Å²) in [6.07, 6.45) is 1.77. The van der Waals surface area contributed by atoms with Crippen LogP contribution >= 0.6 is 0 Å². The number of aromatic nitrogens is 2. The van der Waals surface area contributed by atoms with Crippen molar-refractivity contribution in [3.05, 3.63) is 36.0 Å². The van der Waals surface area contributed by atoms with Gasteiger partial charge in [0.05, 0.1) is 12.2 Å². The van der Waals surface area contributed by atoms with Gasteiger partial charge in [-0.1, -0.05) is 17.3 Å². The molecule has 114 valence electrons. The van der Waals surface area contributed by atoms with Crippen LogP contribution < -0.4 is 9.64 Å². The van der Waals surface area contributed by atoms with Crippen molar-refractivity contribution in [2.45, 2.75) is 25.5 Å². The van der Waals surface area contributed by atoms with Crippen molar-refractivity contribution in [2.24, 2.45) is 0 Å². The van der Waals surface area contributed by atoms with E-state index < -0.39 is 0 Å².